The van der Waals surface area contributed by atoms with Crippen molar-refractivity contribution in [3.8, 4) is 0 Å². The second-order valence-corrected chi connectivity index (χ2v) is 5.45. The monoisotopic (exact) mass is 250 g/mol. The van der Waals surface area contributed by atoms with Gasteiger partial charge in [-0.2, -0.15) is 0 Å². The summed E-state index contributed by atoms with van der Waals surface area (Å²) >= 11 is 0. The van der Waals surface area contributed by atoms with Crippen LogP contribution in [-0.4, -0.2) is 44.4 Å². The number of aliphatic hydroxyl groups is 1. The number of aromatic nitrogens is 3. The van der Waals surface area contributed by atoms with Crippen LogP contribution in [0.25, 0.3) is 0 Å². The normalized spacial score (nSPS) is 29.2. The zero-order valence-electron chi connectivity index (χ0n) is 11.0. The summed E-state index contributed by atoms with van der Waals surface area (Å²) in [5.74, 6) is 2.42. The van der Waals surface area contributed by atoms with Crippen LogP contribution in [0.1, 0.15) is 56.4 Å². The number of piperidine rings is 1. The van der Waals surface area contributed by atoms with Crippen molar-refractivity contribution in [2.75, 3.05) is 19.6 Å². The molecule has 3 heterocycles. The summed E-state index contributed by atoms with van der Waals surface area (Å²) in [5.41, 5.74) is 0. The summed E-state index contributed by atoms with van der Waals surface area (Å²) in [5, 5.41) is 18.8. The van der Waals surface area contributed by atoms with Crippen molar-refractivity contribution in [1.29, 1.82) is 0 Å². The van der Waals surface area contributed by atoms with E-state index in [1.807, 2.05) is 4.57 Å². The molecule has 0 aliphatic carbocycles. The first-order valence-corrected chi connectivity index (χ1v) is 7.13. The van der Waals surface area contributed by atoms with E-state index in [-0.39, 0.29) is 0 Å². The van der Waals surface area contributed by atoms with Gasteiger partial charge < -0.3 is 10.0 Å². The van der Waals surface area contributed by atoms with E-state index in [4.69, 9.17) is 0 Å². The maximum Gasteiger partial charge on any atom is 0.139 e. The zero-order valence-corrected chi connectivity index (χ0v) is 11.0. The molecule has 0 aromatic carbocycles. The van der Waals surface area contributed by atoms with Gasteiger partial charge >= 0.3 is 0 Å². The SMILES string of the molecule is CCN1CCCC(c2nnc3n2C(O)CCC3)C1. The Hall–Kier alpha value is -0.940. The van der Waals surface area contributed by atoms with E-state index in [2.05, 4.69) is 22.0 Å². The van der Waals surface area contributed by atoms with E-state index in [9.17, 15) is 5.11 Å². The Labute approximate surface area is 108 Å². The maximum atomic E-state index is 10.2. The Morgan fingerprint density at radius 2 is 2.17 bits per heavy atom. The second kappa shape index (κ2) is 4.97. The first kappa shape index (κ1) is 12.1. The summed E-state index contributed by atoms with van der Waals surface area (Å²) < 4.78 is 1.99. The zero-order chi connectivity index (χ0) is 12.5. The summed E-state index contributed by atoms with van der Waals surface area (Å²) in [6.45, 7) is 5.55. The highest BCUT2D eigenvalue weighted by molar-refractivity contribution is 5.07. The van der Waals surface area contributed by atoms with Crippen LogP contribution in [0.2, 0.25) is 0 Å². The Kier molecular flexibility index (Phi) is 3.35. The van der Waals surface area contributed by atoms with Crippen molar-refractivity contribution >= 4 is 0 Å². The molecule has 100 valence electrons. The Balaban J connectivity index is 1.86. The number of likely N-dealkylation sites (N-methyl/N-ethyl adjacent to an activating group) is 1. The fraction of sp³-hybridized carbons (Fsp3) is 0.846. The van der Waals surface area contributed by atoms with E-state index >= 15 is 0 Å². The molecule has 0 spiro atoms. The van der Waals surface area contributed by atoms with Gasteiger partial charge in [0.25, 0.3) is 0 Å². The topological polar surface area (TPSA) is 54.2 Å². The highest BCUT2D eigenvalue weighted by atomic mass is 16.3. The minimum atomic E-state index is -0.407. The third kappa shape index (κ3) is 2.06. The lowest BCUT2D eigenvalue weighted by atomic mass is 9.96. The number of rotatable bonds is 2. The Bertz CT molecular complexity index is 417. The highest BCUT2D eigenvalue weighted by Gasteiger charge is 2.29. The third-order valence-corrected chi connectivity index (χ3v) is 4.27. The van der Waals surface area contributed by atoms with Gasteiger partial charge in [0.1, 0.15) is 17.9 Å². The molecule has 2 atom stereocenters. The largest absolute Gasteiger partial charge is 0.373 e. The molecule has 5 nitrogen and oxygen atoms in total. The molecule has 2 aliphatic heterocycles. The number of aryl methyl sites for hydroxylation is 1. The predicted molar refractivity (Wildman–Crippen MR) is 68.3 cm³/mol. The highest BCUT2D eigenvalue weighted by Crippen LogP contribution is 2.31. The van der Waals surface area contributed by atoms with Crippen LogP contribution in [0.5, 0.6) is 0 Å². The molecule has 0 bridgehead atoms. The molecule has 3 rings (SSSR count). The number of aliphatic hydroxyl groups excluding tert-OH is 1. The fourth-order valence-electron chi connectivity index (χ4n) is 3.24. The summed E-state index contributed by atoms with van der Waals surface area (Å²) in [6, 6.07) is 0. The van der Waals surface area contributed by atoms with Crippen LogP contribution < -0.4 is 0 Å². The predicted octanol–water partition coefficient (Wildman–Crippen LogP) is 1.30. The van der Waals surface area contributed by atoms with E-state index in [1.54, 1.807) is 0 Å². The van der Waals surface area contributed by atoms with Crippen molar-refractivity contribution in [2.24, 2.45) is 0 Å². The number of fused-ring (bicyclic) bond motifs is 1. The van der Waals surface area contributed by atoms with Gasteiger partial charge in [0.05, 0.1) is 0 Å². The van der Waals surface area contributed by atoms with Crippen LogP contribution in [0, 0.1) is 0 Å². The number of hydrogen-bond donors (Lipinski definition) is 1. The average molecular weight is 250 g/mol. The third-order valence-electron chi connectivity index (χ3n) is 4.27. The molecule has 1 aromatic rings. The number of hydrogen-bond acceptors (Lipinski definition) is 4. The lowest BCUT2D eigenvalue weighted by molar-refractivity contribution is 0.0713. The quantitative estimate of drug-likeness (QED) is 0.859. The van der Waals surface area contributed by atoms with Gasteiger partial charge in [-0.05, 0) is 38.8 Å². The summed E-state index contributed by atoms with van der Waals surface area (Å²) in [4.78, 5) is 2.46. The second-order valence-electron chi connectivity index (χ2n) is 5.45. The first-order valence-electron chi connectivity index (χ1n) is 7.13. The minimum absolute atomic E-state index is 0.407. The van der Waals surface area contributed by atoms with Crippen LogP contribution in [0.3, 0.4) is 0 Å². The molecule has 0 amide bonds. The van der Waals surface area contributed by atoms with Crippen LogP contribution >= 0.6 is 0 Å². The fourth-order valence-corrected chi connectivity index (χ4v) is 3.24. The molecule has 1 saturated heterocycles. The molecule has 2 aliphatic rings. The summed E-state index contributed by atoms with van der Waals surface area (Å²) in [7, 11) is 0. The van der Waals surface area contributed by atoms with Gasteiger partial charge in [-0.1, -0.05) is 6.92 Å². The minimum Gasteiger partial charge on any atom is -0.373 e. The van der Waals surface area contributed by atoms with Crippen LogP contribution in [-0.2, 0) is 6.42 Å². The molecular weight excluding hydrogens is 228 g/mol. The maximum absolute atomic E-state index is 10.2. The van der Waals surface area contributed by atoms with Crippen molar-refractivity contribution in [2.45, 2.75) is 51.2 Å². The van der Waals surface area contributed by atoms with Gasteiger partial charge in [-0.25, -0.2) is 0 Å². The molecule has 2 unspecified atom stereocenters. The molecule has 0 saturated carbocycles. The van der Waals surface area contributed by atoms with Gasteiger partial charge in [-0.3, -0.25) is 4.57 Å². The van der Waals surface area contributed by atoms with Crippen molar-refractivity contribution in [3.05, 3.63) is 11.6 Å². The average Bonchev–Trinajstić information content (AvgIpc) is 2.84. The van der Waals surface area contributed by atoms with Crippen LogP contribution in [0.15, 0.2) is 0 Å². The molecule has 1 N–H and O–H groups in total. The van der Waals surface area contributed by atoms with Crippen molar-refractivity contribution in [3.63, 3.8) is 0 Å². The van der Waals surface area contributed by atoms with Gasteiger partial charge in [0, 0.05) is 18.9 Å². The first-order chi connectivity index (χ1) is 8.79. The van der Waals surface area contributed by atoms with E-state index in [0.717, 1.165) is 44.0 Å². The van der Waals surface area contributed by atoms with Crippen LogP contribution in [0.4, 0.5) is 0 Å². The molecule has 18 heavy (non-hydrogen) atoms. The van der Waals surface area contributed by atoms with Crippen molar-refractivity contribution in [1.82, 2.24) is 19.7 Å². The lowest BCUT2D eigenvalue weighted by Crippen LogP contribution is -2.35. The van der Waals surface area contributed by atoms with Crippen molar-refractivity contribution < 1.29 is 5.11 Å². The smallest absolute Gasteiger partial charge is 0.139 e. The Morgan fingerprint density at radius 3 is 3.00 bits per heavy atom. The van der Waals surface area contributed by atoms with E-state index < -0.39 is 6.23 Å². The van der Waals surface area contributed by atoms with Gasteiger partial charge in [-0.15, -0.1) is 10.2 Å². The molecule has 1 fully saturated rings. The molecule has 5 heteroatoms. The molecular formula is C13H22N4O. The number of likely N-dealkylation sites (tertiary alicyclic amines) is 1. The van der Waals surface area contributed by atoms with Gasteiger partial charge in [0.2, 0.25) is 0 Å². The molecule has 1 aromatic heterocycles. The Morgan fingerprint density at radius 1 is 1.28 bits per heavy atom. The van der Waals surface area contributed by atoms with Gasteiger partial charge in [0.15, 0.2) is 0 Å². The van der Waals surface area contributed by atoms with E-state index in [1.165, 1.54) is 19.4 Å². The molecule has 0 radical (unpaired) electrons. The standard InChI is InChI=1S/C13H22N4O/c1-2-16-8-4-5-10(9-16)13-15-14-11-6-3-7-12(18)17(11)13/h10,12,18H,2-9H2,1H3. The number of nitrogens with zero attached hydrogens (tertiary/aromatic N) is 4. The lowest BCUT2D eigenvalue weighted by Gasteiger charge is -2.32. The van der Waals surface area contributed by atoms with E-state index in [0.29, 0.717) is 5.92 Å². The summed E-state index contributed by atoms with van der Waals surface area (Å²) in [6.07, 6.45) is 4.79.